The zero-order valence-corrected chi connectivity index (χ0v) is 38.7. The number of thioether (sulfide) groups is 1. The molecule has 0 bridgehead atoms. The van der Waals surface area contributed by atoms with Gasteiger partial charge in [-0.15, -0.1) is 23.4 Å². The molecule has 0 saturated carbocycles. The summed E-state index contributed by atoms with van der Waals surface area (Å²) in [4.78, 5) is 54.4. The fraction of sp³-hybridized carbons (Fsp3) is 0.475. The number of ether oxygens (including phenoxy) is 3. The molecule has 60 heavy (non-hydrogen) atoms. The number of aromatic nitrogens is 2. The van der Waals surface area contributed by atoms with Crippen molar-refractivity contribution in [2.45, 2.75) is 88.0 Å². The van der Waals surface area contributed by atoms with E-state index in [9.17, 15) is 23.6 Å². The van der Waals surface area contributed by atoms with Crippen molar-refractivity contribution in [3.05, 3.63) is 90.9 Å². The first-order valence-electron chi connectivity index (χ1n) is 18.9. The molecule has 4 aromatic rings. The quantitative estimate of drug-likeness (QED) is 0.0593. The number of rotatable bonds is 12. The first-order chi connectivity index (χ1) is 28.6. The third-order valence-corrected chi connectivity index (χ3v) is 12.3. The predicted molar refractivity (Wildman–Crippen MR) is 234 cm³/mol. The van der Waals surface area contributed by atoms with Gasteiger partial charge in [0.1, 0.15) is 41.7 Å². The highest BCUT2D eigenvalue weighted by atomic mass is 35.5. The Bertz CT molecular complexity index is 2190. The molecular weight excluding hydrogens is 903 g/mol. The Labute approximate surface area is 376 Å². The largest absolute Gasteiger partial charge is 0.468 e. The summed E-state index contributed by atoms with van der Waals surface area (Å²) in [6, 6.07) is 12.3. The van der Waals surface area contributed by atoms with E-state index in [2.05, 4.69) is 23.6 Å². The maximum Gasteiger partial charge on any atom is 0.325 e. The Morgan fingerprint density at radius 3 is 2.30 bits per heavy atom. The van der Waals surface area contributed by atoms with Crippen molar-refractivity contribution in [1.29, 1.82) is 0 Å². The lowest BCUT2D eigenvalue weighted by Gasteiger charge is -2.29. The van der Waals surface area contributed by atoms with E-state index < -0.39 is 22.3 Å². The number of hydrogen-bond acceptors (Lipinski definition) is 11. The standard InChI is InChI=1S/C15H15ClFN3O3S2.C14H20ClNO2.C11H13Cl2NO3/c1-23-13(21)8-24-12-7-11(10(17)6-9(12)16)18-14-19-4-2-3-5-20(19)15(22)25-14;1-4-11-7-6-8-12(5-2)14(11)16(10-18-3)13(17)9-15;1-11(2)14(10(15)9(12)13)6-8(17-11)7-4-3-5-16-7/h6-7H,2-5,8H2,1H3;6-8H,4-5,9-10H2,1-3H3;3-5,8-9H,6H2,1-2H3/b18-14-;;. The van der Waals surface area contributed by atoms with Gasteiger partial charge in [0.2, 0.25) is 10.7 Å². The van der Waals surface area contributed by atoms with Gasteiger partial charge in [-0.3, -0.25) is 28.8 Å². The molecule has 1 fully saturated rings. The van der Waals surface area contributed by atoms with Crippen molar-refractivity contribution in [2.24, 2.45) is 4.99 Å². The van der Waals surface area contributed by atoms with E-state index in [-0.39, 0.29) is 51.9 Å². The monoisotopic (exact) mass is 949 g/mol. The van der Waals surface area contributed by atoms with Crippen molar-refractivity contribution in [1.82, 2.24) is 14.3 Å². The zero-order valence-electron chi connectivity index (χ0n) is 34.1. The van der Waals surface area contributed by atoms with Gasteiger partial charge in [-0.2, -0.15) is 0 Å². The maximum atomic E-state index is 14.3. The van der Waals surface area contributed by atoms with E-state index in [1.807, 2.05) is 24.3 Å². The van der Waals surface area contributed by atoms with E-state index in [1.165, 1.54) is 18.1 Å². The number of para-hydroxylation sites is 1. The van der Waals surface area contributed by atoms with Gasteiger partial charge in [0, 0.05) is 25.1 Å². The Morgan fingerprint density at radius 1 is 1.07 bits per heavy atom. The van der Waals surface area contributed by atoms with Crippen LogP contribution in [0.15, 0.2) is 67.8 Å². The van der Waals surface area contributed by atoms with Gasteiger partial charge in [0.05, 0.1) is 36.4 Å². The van der Waals surface area contributed by atoms with Gasteiger partial charge in [0.25, 0.3) is 5.91 Å². The third kappa shape index (κ3) is 12.6. The molecule has 4 heterocycles. The average molecular weight is 952 g/mol. The van der Waals surface area contributed by atoms with E-state index in [1.54, 1.807) is 47.6 Å². The molecule has 0 spiro atoms. The van der Waals surface area contributed by atoms with Crippen LogP contribution in [0.2, 0.25) is 5.02 Å². The summed E-state index contributed by atoms with van der Waals surface area (Å²) >= 11 is 25.1. The number of alkyl halides is 3. The molecule has 1 saturated heterocycles. The number of aryl methyl sites for hydroxylation is 2. The predicted octanol–water partition coefficient (Wildman–Crippen LogP) is 8.50. The molecule has 2 aromatic carbocycles. The normalized spacial score (nSPS) is 15.8. The van der Waals surface area contributed by atoms with Crippen LogP contribution < -0.4 is 14.6 Å². The summed E-state index contributed by atoms with van der Waals surface area (Å²) in [7, 11) is 2.87. The molecule has 2 amide bonds. The zero-order chi connectivity index (χ0) is 44.1. The Balaban J connectivity index is 0.000000204. The minimum Gasteiger partial charge on any atom is -0.468 e. The molecule has 1 unspecified atom stereocenters. The minimum absolute atomic E-state index is 0.0371. The Morgan fingerprint density at radius 2 is 1.73 bits per heavy atom. The lowest BCUT2D eigenvalue weighted by atomic mass is 10.0. The van der Waals surface area contributed by atoms with Gasteiger partial charge in [-0.25, -0.2) is 14.1 Å². The Kier molecular flexibility index (Phi) is 19.1. The topological polar surface area (TPSA) is 138 Å². The number of hydrogen-bond donors (Lipinski definition) is 0. The van der Waals surface area contributed by atoms with Gasteiger partial charge in [-0.05, 0) is 86.3 Å². The number of nitrogens with zero attached hydrogens (tertiary/aromatic N) is 5. The highest BCUT2D eigenvalue weighted by Crippen LogP contribution is 2.37. The highest BCUT2D eigenvalue weighted by Gasteiger charge is 2.45. The van der Waals surface area contributed by atoms with Crippen molar-refractivity contribution < 1.29 is 37.4 Å². The van der Waals surface area contributed by atoms with Gasteiger partial charge in [-0.1, -0.05) is 66.8 Å². The number of carbonyl (C=O) groups excluding carboxylic acids is 3. The molecule has 2 aromatic heterocycles. The summed E-state index contributed by atoms with van der Waals surface area (Å²) < 4.78 is 38.4. The minimum atomic E-state index is -1.08. The number of anilines is 1. The molecular formula is C40H48Cl4FN5O8S2. The van der Waals surface area contributed by atoms with Crippen molar-refractivity contribution in [3.8, 4) is 0 Å². The molecule has 6 rings (SSSR count). The SMILES string of the molecule is CC1(C)OC(c2ccco2)CN1C(=O)C(Cl)Cl.CCc1cccc(CC)c1N(COC)C(=O)CCl.COC(=O)CSc1cc(/N=c2\sc(=O)n3n2CCCC3)c(F)cc1Cl. The van der Waals surface area contributed by atoms with Crippen LogP contribution in [0, 0.1) is 5.82 Å². The molecule has 20 heteroatoms. The number of furan rings is 1. The van der Waals surface area contributed by atoms with Crippen molar-refractivity contribution >= 4 is 98.7 Å². The highest BCUT2D eigenvalue weighted by molar-refractivity contribution is 8.00. The number of fused-ring (bicyclic) bond motifs is 1. The second-order valence-corrected chi connectivity index (χ2v) is 17.3. The molecule has 2 aliphatic rings. The van der Waals surface area contributed by atoms with E-state index in [0.717, 1.165) is 71.7 Å². The number of halogens is 5. The number of carbonyl (C=O) groups is 3. The van der Waals surface area contributed by atoms with Crippen LogP contribution in [0.1, 0.15) is 63.5 Å². The number of benzene rings is 2. The van der Waals surface area contributed by atoms with Crippen LogP contribution in [-0.4, -0.2) is 81.7 Å². The molecule has 2 aliphatic heterocycles. The fourth-order valence-electron chi connectivity index (χ4n) is 6.39. The van der Waals surface area contributed by atoms with Crippen LogP contribution in [0.5, 0.6) is 0 Å². The average Bonchev–Trinajstić information content (AvgIpc) is 3.97. The van der Waals surface area contributed by atoms with E-state index >= 15 is 0 Å². The van der Waals surface area contributed by atoms with Crippen molar-refractivity contribution in [2.75, 3.05) is 44.0 Å². The third-order valence-electron chi connectivity index (χ3n) is 9.33. The second kappa shape index (κ2) is 23.2. The molecule has 1 atom stereocenters. The van der Waals surface area contributed by atoms with Crippen LogP contribution in [0.25, 0.3) is 0 Å². The van der Waals surface area contributed by atoms with Crippen molar-refractivity contribution in [3.63, 3.8) is 0 Å². The Hall–Kier alpha value is -3.35. The second-order valence-electron chi connectivity index (χ2n) is 13.6. The van der Waals surface area contributed by atoms with Gasteiger partial charge >= 0.3 is 10.8 Å². The molecule has 0 radical (unpaired) electrons. The van der Waals surface area contributed by atoms with Crippen LogP contribution >= 0.6 is 69.5 Å². The number of methoxy groups -OCH3 is 2. The first-order valence-corrected chi connectivity index (χ1v) is 22.5. The van der Waals surface area contributed by atoms with Crippen LogP contribution in [-0.2, 0) is 54.5 Å². The lowest BCUT2D eigenvalue weighted by Crippen LogP contribution is -2.45. The summed E-state index contributed by atoms with van der Waals surface area (Å²) in [6.07, 6.45) is 4.93. The number of amides is 2. The summed E-state index contributed by atoms with van der Waals surface area (Å²) in [6.45, 7) is 9.69. The first kappa shape index (κ1) is 49.3. The summed E-state index contributed by atoms with van der Waals surface area (Å²) in [5, 5.41) is 0.199. The van der Waals surface area contributed by atoms with E-state index in [0.29, 0.717) is 35.1 Å². The molecule has 328 valence electrons. The smallest absolute Gasteiger partial charge is 0.325 e. The van der Waals surface area contributed by atoms with Gasteiger partial charge in [0.15, 0.2) is 4.84 Å². The van der Waals surface area contributed by atoms with Crippen LogP contribution in [0.4, 0.5) is 15.8 Å². The summed E-state index contributed by atoms with van der Waals surface area (Å²) in [5.41, 5.74) is 2.58. The fourth-order valence-corrected chi connectivity index (χ4v) is 8.75. The number of esters is 1. The molecule has 0 aliphatic carbocycles. The van der Waals surface area contributed by atoms with Gasteiger partial charge < -0.3 is 23.5 Å². The lowest BCUT2D eigenvalue weighted by molar-refractivity contribution is -0.144. The molecule has 0 N–H and O–H groups in total. The van der Waals surface area contributed by atoms with Crippen LogP contribution in [0.3, 0.4) is 0 Å². The van der Waals surface area contributed by atoms with E-state index in [4.69, 9.17) is 60.3 Å². The maximum absolute atomic E-state index is 14.3. The summed E-state index contributed by atoms with van der Waals surface area (Å²) in [5.74, 6) is -0.756. The molecule has 13 nitrogen and oxygen atoms in total.